The van der Waals surface area contributed by atoms with Crippen LogP contribution in [0.3, 0.4) is 0 Å². The predicted molar refractivity (Wildman–Crippen MR) is 79.2 cm³/mol. The van der Waals surface area contributed by atoms with Crippen LogP contribution in [0.15, 0.2) is 10.9 Å². The molecule has 0 aromatic carbocycles. The Bertz CT molecular complexity index is 498. The van der Waals surface area contributed by atoms with E-state index in [2.05, 4.69) is 17.2 Å². The third kappa shape index (κ3) is 3.82. The molecular weight excluding hydrogens is 254 g/mol. The summed E-state index contributed by atoms with van der Waals surface area (Å²) in [5.74, 6) is 0.805. The van der Waals surface area contributed by atoms with Gasteiger partial charge in [0.25, 0.3) is 11.6 Å². The number of nitrogens with zero attached hydrogens (tertiary/aromatic N) is 2. The molecule has 1 heterocycles. The second-order valence-corrected chi connectivity index (χ2v) is 5.80. The molecule has 0 bridgehead atoms. The molecule has 0 saturated heterocycles. The Labute approximate surface area is 120 Å². The first-order valence-corrected chi connectivity index (χ1v) is 7.46. The molecule has 2 rings (SSSR count). The average molecular weight is 279 g/mol. The fourth-order valence-electron chi connectivity index (χ4n) is 2.96. The molecule has 1 aliphatic carbocycles. The predicted octanol–water partition coefficient (Wildman–Crippen LogP) is 1.73. The number of methoxy groups -OCH3 is 1. The highest BCUT2D eigenvalue weighted by Gasteiger charge is 2.18. The topological polar surface area (TPSA) is 56.1 Å². The maximum absolute atomic E-state index is 12.0. The lowest BCUT2D eigenvalue weighted by atomic mass is 9.87. The fraction of sp³-hybridized carbons (Fsp3) is 0.733. The van der Waals surface area contributed by atoms with Crippen molar-refractivity contribution in [3.05, 3.63) is 22.1 Å². The van der Waals surface area contributed by atoms with E-state index in [1.807, 2.05) is 0 Å². The smallest absolute Gasteiger partial charge is 0.299 e. The van der Waals surface area contributed by atoms with Crippen molar-refractivity contribution in [2.75, 3.05) is 13.7 Å². The highest BCUT2D eigenvalue weighted by atomic mass is 16.5. The summed E-state index contributed by atoms with van der Waals surface area (Å²) in [7, 11) is 1.55. The number of hydrogen-bond acceptors (Lipinski definition) is 4. The van der Waals surface area contributed by atoms with E-state index in [9.17, 15) is 4.79 Å². The zero-order valence-electron chi connectivity index (χ0n) is 12.7. The number of aryl methyl sites for hydroxylation is 1. The summed E-state index contributed by atoms with van der Waals surface area (Å²) in [6.07, 6.45) is 5.11. The molecule has 5 heteroatoms. The normalized spacial score (nSPS) is 22.8. The van der Waals surface area contributed by atoms with E-state index >= 15 is 0 Å². The van der Waals surface area contributed by atoms with Crippen LogP contribution in [0.5, 0.6) is 6.01 Å². The quantitative estimate of drug-likeness (QED) is 0.892. The summed E-state index contributed by atoms with van der Waals surface area (Å²) in [6.45, 7) is 5.49. The zero-order valence-corrected chi connectivity index (χ0v) is 12.7. The number of hydrogen-bond donors (Lipinski definition) is 1. The monoisotopic (exact) mass is 279 g/mol. The van der Waals surface area contributed by atoms with E-state index in [1.54, 1.807) is 24.7 Å². The summed E-state index contributed by atoms with van der Waals surface area (Å²) >= 11 is 0. The van der Waals surface area contributed by atoms with Crippen LogP contribution in [-0.4, -0.2) is 29.2 Å². The molecule has 1 aliphatic rings. The summed E-state index contributed by atoms with van der Waals surface area (Å²) < 4.78 is 6.78. The fourth-order valence-corrected chi connectivity index (χ4v) is 2.96. The lowest BCUT2D eigenvalue weighted by molar-refractivity contribution is 0.293. The molecule has 0 amide bonds. The van der Waals surface area contributed by atoms with Crippen LogP contribution in [-0.2, 0) is 6.54 Å². The van der Waals surface area contributed by atoms with E-state index in [4.69, 9.17) is 4.74 Å². The minimum atomic E-state index is -0.0480. The van der Waals surface area contributed by atoms with Crippen LogP contribution in [0.2, 0.25) is 0 Å². The molecule has 1 aromatic rings. The lowest BCUT2D eigenvalue weighted by Crippen LogP contribution is -2.37. The van der Waals surface area contributed by atoms with Gasteiger partial charge in [0.15, 0.2) is 0 Å². The van der Waals surface area contributed by atoms with Crippen molar-refractivity contribution in [1.82, 2.24) is 14.9 Å². The number of aromatic nitrogens is 2. The average Bonchev–Trinajstić information content (AvgIpc) is 2.40. The van der Waals surface area contributed by atoms with Gasteiger partial charge in [-0.25, -0.2) is 4.98 Å². The van der Waals surface area contributed by atoms with Crippen molar-refractivity contribution in [2.24, 2.45) is 5.92 Å². The largest absolute Gasteiger partial charge is 0.468 e. The van der Waals surface area contributed by atoms with Gasteiger partial charge in [-0.1, -0.05) is 19.8 Å². The van der Waals surface area contributed by atoms with Crippen LogP contribution < -0.4 is 15.6 Å². The van der Waals surface area contributed by atoms with Crippen molar-refractivity contribution in [1.29, 1.82) is 0 Å². The molecule has 112 valence electrons. The van der Waals surface area contributed by atoms with E-state index < -0.39 is 0 Å². The van der Waals surface area contributed by atoms with Gasteiger partial charge in [0.2, 0.25) is 0 Å². The molecular formula is C15H25N3O2. The summed E-state index contributed by atoms with van der Waals surface area (Å²) in [5, 5.41) is 3.55. The Kier molecular flexibility index (Phi) is 5.17. The first kappa shape index (κ1) is 15.0. The number of rotatable bonds is 5. The van der Waals surface area contributed by atoms with Crippen LogP contribution in [0.4, 0.5) is 0 Å². The van der Waals surface area contributed by atoms with E-state index in [1.165, 1.54) is 25.7 Å². The molecule has 2 unspecified atom stereocenters. The summed E-state index contributed by atoms with van der Waals surface area (Å²) in [6, 6.07) is 2.53. The SMILES string of the molecule is COc1nc(C)cc(=O)n1CCNC1CCCC(C)C1. The Morgan fingerprint density at radius 3 is 3.00 bits per heavy atom. The summed E-state index contributed by atoms with van der Waals surface area (Å²) in [4.78, 5) is 16.2. The Hall–Kier alpha value is -1.36. The molecule has 2 atom stereocenters. The third-order valence-electron chi connectivity index (χ3n) is 3.99. The van der Waals surface area contributed by atoms with E-state index in [-0.39, 0.29) is 5.56 Å². The highest BCUT2D eigenvalue weighted by molar-refractivity contribution is 5.06. The van der Waals surface area contributed by atoms with Gasteiger partial charge in [0, 0.05) is 30.9 Å². The maximum Gasteiger partial charge on any atom is 0.299 e. The van der Waals surface area contributed by atoms with Gasteiger partial charge in [-0.2, -0.15) is 0 Å². The lowest BCUT2D eigenvalue weighted by Gasteiger charge is -2.27. The van der Waals surface area contributed by atoms with Gasteiger partial charge in [-0.05, 0) is 25.7 Å². The van der Waals surface area contributed by atoms with Crippen LogP contribution in [0.1, 0.15) is 38.3 Å². The third-order valence-corrected chi connectivity index (χ3v) is 3.99. The molecule has 20 heavy (non-hydrogen) atoms. The first-order chi connectivity index (χ1) is 9.60. The van der Waals surface area contributed by atoms with Gasteiger partial charge in [-0.15, -0.1) is 0 Å². The van der Waals surface area contributed by atoms with Crippen molar-refractivity contribution in [2.45, 2.75) is 52.1 Å². The molecule has 1 aromatic heterocycles. The van der Waals surface area contributed by atoms with Crippen molar-refractivity contribution in [3.63, 3.8) is 0 Å². The summed E-state index contributed by atoms with van der Waals surface area (Å²) in [5.41, 5.74) is 0.644. The standard InChI is InChI=1S/C15H25N3O2/c1-11-5-4-6-13(9-11)16-7-8-18-14(19)10-12(2)17-15(18)20-3/h10-11,13,16H,4-9H2,1-3H3. The van der Waals surface area contributed by atoms with Crippen molar-refractivity contribution >= 4 is 0 Å². The zero-order chi connectivity index (χ0) is 14.5. The Morgan fingerprint density at radius 1 is 1.50 bits per heavy atom. The van der Waals surface area contributed by atoms with Gasteiger partial charge >= 0.3 is 0 Å². The molecule has 1 N–H and O–H groups in total. The van der Waals surface area contributed by atoms with Crippen LogP contribution >= 0.6 is 0 Å². The second kappa shape index (κ2) is 6.88. The molecule has 0 aliphatic heterocycles. The maximum atomic E-state index is 12.0. The number of nitrogens with one attached hydrogen (secondary N) is 1. The van der Waals surface area contributed by atoms with E-state index in [0.29, 0.717) is 24.3 Å². The van der Waals surface area contributed by atoms with Gasteiger partial charge in [0.05, 0.1) is 7.11 Å². The van der Waals surface area contributed by atoms with Gasteiger partial charge in [-0.3, -0.25) is 9.36 Å². The molecule has 1 fully saturated rings. The van der Waals surface area contributed by atoms with Crippen LogP contribution in [0.25, 0.3) is 0 Å². The minimum Gasteiger partial charge on any atom is -0.468 e. The minimum absolute atomic E-state index is 0.0480. The Morgan fingerprint density at radius 2 is 2.30 bits per heavy atom. The molecule has 5 nitrogen and oxygen atoms in total. The van der Waals surface area contributed by atoms with Crippen LogP contribution in [0, 0.1) is 12.8 Å². The van der Waals surface area contributed by atoms with E-state index in [0.717, 1.165) is 12.5 Å². The van der Waals surface area contributed by atoms with Crippen molar-refractivity contribution < 1.29 is 4.74 Å². The molecule has 0 radical (unpaired) electrons. The van der Waals surface area contributed by atoms with Gasteiger partial charge < -0.3 is 10.1 Å². The second-order valence-electron chi connectivity index (χ2n) is 5.80. The van der Waals surface area contributed by atoms with Crippen molar-refractivity contribution in [3.8, 4) is 6.01 Å². The highest BCUT2D eigenvalue weighted by Crippen LogP contribution is 2.23. The Balaban J connectivity index is 1.92. The van der Waals surface area contributed by atoms with Gasteiger partial charge in [0.1, 0.15) is 0 Å². The molecule has 0 spiro atoms. The first-order valence-electron chi connectivity index (χ1n) is 7.46. The molecule has 1 saturated carbocycles. The number of ether oxygens (including phenoxy) is 1.